The number of nitrogens with one attached hydrogen (secondary N) is 1. The first-order chi connectivity index (χ1) is 9.66. The van der Waals surface area contributed by atoms with Crippen molar-refractivity contribution >= 4 is 5.91 Å². The Labute approximate surface area is 117 Å². The van der Waals surface area contributed by atoms with Gasteiger partial charge in [-0.2, -0.15) is 0 Å². The number of oxazole rings is 1. The lowest BCUT2D eigenvalue weighted by atomic mass is 10.0. The Balaban J connectivity index is 1.57. The molecule has 3 rings (SSSR count). The van der Waals surface area contributed by atoms with Crippen molar-refractivity contribution in [1.82, 2.24) is 10.3 Å². The van der Waals surface area contributed by atoms with E-state index in [1.54, 1.807) is 0 Å². The zero-order chi connectivity index (χ0) is 14.0. The van der Waals surface area contributed by atoms with Crippen molar-refractivity contribution in [3.63, 3.8) is 0 Å². The molecule has 1 saturated heterocycles. The lowest BCUT2D eigenvalue weighted by molar-refractivity contribution is 0.0264. The number of amides is 1. The molecule has 1 aromatic heterocycles. The fourth-order valence-corrected chi connectivity index (χ4v) is 2.82. The third-order valence-electron chi connectivity index (χ3n) is 4.12. The molecule has 2 N–H and O–H groups in total. The summed E-state index contributed by atoms with van der Waals surface area (Å²) in [6.07, 6.45) is 6.50. The van der Waals surface area contributed by atoms with Gasteiger partial charge in [0.1, 0.15) is 11.9 Å². The first-order valence-electron chi connectivity index (χ1n) is 7.20. The monoisotopic (exact) mass is 280 g/mol. The van der Waals surface area contributed by atoms with Crippen molar-refractivity contribution in [2.45, 2.75) is 43.6 Å². The third kappa shape index (κ3) is 2.86. The largest absolute Gasteiger partial charge is 0.448 e. The molecular formula is C14H20N2O4. The zero-order valence-electron chi connectivity index (χ0n) is 11.4. The topological polar surface area (TPSA) is 84.6 Å². The first-order valence-corrected chi connectivity index (χ1v) is 7.20. The van der Waals surface area contributed by atoms with E-state index in [0.29, 0.717) is 24.8 Å². The number of aromatic nitrogens is 1. The maximum absolute atomic E-state index is 12.0. The van der Waals surface area contributed by atoms with E-state index in [9.17, 15) is 9.90 Å². The Hall–Kier alpha value is -1.40. The van der Waals surface area contributed by atoms with Gasteiger partial charge in [0.15, 0.2) is 11.6 Å². The van der Waals surface area contributed by atoms with Gasteiger partial charge in [-0.3, -0.25) is 4.79 Å². The van der Waals surface area contributed by atoms with Crippen LogP contribution in [-0.4, -0.2) is 41.4 Å². The quantitative estimate of drug-likeness (QED) is 0.866. The fourth-order valence-electron chi connectivity index (χ4n) is 2.82. The molecule has 2 aliphatic rings. The lowest BCUT2D eigenvalue weighted by Gasteiger charge is -2.20. The minimum Gasteiger partial charge on any atom is -0.448 e. The molecular weight excluding hydrogens is 260 g/mol. The summed E-state index contributed by atoms with van der Waals surface area (Å²) in [5, 5.41) is 12.8. The Morgan fingerprint density at radius 3 is 3.00 bits per heavy atom. The normalized spacial score (nSPS) is 27.1. The molecule has 0 bridgehead atoms. The van der Waals surface area contributed by atoms with E-state index >= 15 is 0 Å². The van der Waals surface area contributed by atoms with Crippen molar-refractivity contribution in [3.05, 3.63) is 17.8 Å². The number of ether oxygens (including phenoxy) is 1. The molecule has 0 aromatic carbocycles. The summed E-state index contributed by atoms with van der Waals surface area (Å²) >= 11 is 0. The molecule has 6 heteroatoms. The second-order valence-electron chi connectivity index (χ2n) is 5.76. The van der Waals surface area contributed by atoms with Crippen molar-refractivity contribution < 1.29 is 19.1 Å². The third-order valence-corrected chi connectivity index (χ3v) is 4.12. The fraction of sp³-hybridized carbons (Fsp3) is 0.714. The molecule has 1 unspecified atom stereocenters. The number of nitrogens with zero attached hydrogens (tertiary/aromatic N) is 1. The van der Waals surface area contributed by atoms with Crippen molar-refractivity contribution in [2.75, 3.05) is 19.8 Å². The highest BCUT2D eigenvalue weighted by Crippen LogP contribution is 2.33. The predicted molar refractivity (Wildman–Crippen MR) is 70.4 cm³/mol. The summed E-state index contributed by atoms with van der Waals surface area (Å²) < 4.78 is 10.5. The van der Waals surface area contributed by atoms with Gasteiger partial charge in [-0.15, -0.1) is 0 Å². The number of aliphatic hydroxyl groups is 1. The molecule has 2 heterocycles. The van der Waals surface area contributed by atoms with Crippen LogP contribution < -0.4 is 5.32 Å². The van der Waals surface area contributed by atoms with E-state index in [-0.39, 0.29) is 24.8 Å². The van der Waals surface area contributed by atoms with E-state index in [4.69, 9.17) is 9.15 Å². The molecule has 20 heavy (non-hydrogen) atoms. The van der Waals surface area contributed by atoms with Crippen LogP contribution in [0.3, 0.4) is 0 Å². The predicted octanol–water partition coefficient (Wildman–Crippen LogP) is 1.21. The van der Waals surface area contributed by atoms with E-state index in [1.165, 1.54) is 19.1 Å². The molecule has 1 aliphatic carbocycles. The van der Waals surface area contributed by atoms with Gasteiger partial charge < -0.3 is 19.6 Å². The standard InChI is InChI=1S/C14H20N2O4/c17-12(15-8-14(18)5-6-19-9-14)11-7-20-13(16-11)10-3-1-2-4-10/h7,10,18H,1-6,8-9H2,(H,15,17). The molecule has 1 aromatic rings. The van der Waals surface area contributed by atoms with Crippen LogP contribution >= 0.6 is 0 Å². The number of rotatable bonds is 4. The molecule has 1 atom stereocenters. The van der Waals surface area contributed by atoms with Gasteiger partial charge in [0.05, 0.1) is 6.61 Å². The van der Waals surface area contributed by atoms with Crippen LogP contribution in [0.2, 0.25) is 0 Å². The van der Waals surface area contributed by atoms with Gasteiger partial charge in [-0.05, 0) is 12.8 Å². The minimum absolute atomic E-state index is 0.178. The summed E-state index contributed by atoms with van der Waals surface area (Å²) in [7, 11) is 0. The minimum atomic E-state index is -0.951. The second kappa shape index (κ2) is 5.54. The number of carbonyl (C=O) groups is 1. The Kier molecular flexibility index (Phi) is 3.76. The second-order valence-corrected chi connectivity index (χ2v) is 5.76. The van der Waals surface area contributed by atoms with Crippen molar-refractivity contribution in [3.8, 4) is 0 Å². The molecule has 2 fully saturated rings. The molecule has 1 aliphatic heterocycles. The van der Waals surface area contributed by atoms with Crippen LogP contribution in [0, 0.1) is 0 Å². The number of carbonyl (C=O) groups excluding carboxylic acids is 1. The van der Waals surface area contributed by atoms with Gasteiger partial charge in [0.2, 0.25) is 0 Å². The molecule has 6 nitrogen and oxygen atoms in total. The number of hydrogen-bond acceptors (Lipinski definition) is 5. The molecule has 0 radical (unpaired) electrons. The Morgan fingerprint density at radius 2 is 2.30 bits per heavy atom. The average molecular weight is 280 g/mol. The van der Waals surface area contributed by atoms with Crippen LogP contribution in [0.25, 0.3) is 0 Å². The van der Waals surface area contributed by atoms with Crippen molar-refractivity contribution in [1.29, 1.82) is 0 Å². The number of hydrogen-bond donors (Lipinski definition) is 2. The summed E-state index contributed by atoms with van der Waals surface area (Å²) in [6.45, 7) is 0.971. The SMILES string of the molecule is O=C(NCC1(O)CCOC1)c1coc(C2CCCC2)n1. The maximum atomic E-state index is 12.0. The van der Waals surface area contributed by atoms with Gasteiger partial charge in [-0.1, -0.05) is 12.8 Å². The average Bonchev–Trinajstić information content (AvgIpc) is 3.16. The van der Waals surface area contributed by atoms with Crippen LogP contribution in [0.15, 0.2) is 10.7 Å². The van der Waals surface area contributed by atoms with Gasteiger partial charge in [0, 0.05) is 25.5 Å². The van der Waals surface area contributed by atoms with E-state index in [1.807, 2.05) is 0 Å². The lowest BCUT2D eigenvalue weighted by Crippen LogP contribution is -2.43. The highest BCUT2D eigenvalue weighted by atomic mass is 16.5. The Morgan fingerprint density at radius 1 is 1.50 bits per heavy atom. The van der Waals surface area contributed by atoms with Crippen LogP contribution in [0.1, 0.15) is 54.4 Å². The van der Waals surface area contributed by atoms with Crippen LogP contribution in [-0.2, 0) is 4.74 Å². The van der Waals surface area contributed by atoms with Gasteiger partial charge >= 0.3 is 0 Å². The zero-order valence-corrected chi connectivity index (χ0v) is 11.4. The van der Waals surface area contributed by atoms with E-state index in [2.05, 4.69) is 10.3 Å². The van der Waals surface area contributed by atoms with Crippen LogP contribution in [0.5, 0.6) is 0 Å². The highest BCUT2D eigenvalue weighted by molar-refractivity contribution is 5.91. The summed E-state index contributed by atoms with van der Waals surface area (Å²) in [4.78, 5) is 16.3. The molecule has 110 valence electrons. The van der Waals surface area contributed by atoms with Crippen LogP contribution in [0.4, 0.5) is 0 Å². The highest BCUT2D eigenvalue weighted by Gasteiger charge is 2.33. The molecule has 1 amide bonds. The van der Waals surface area contributed by atoms with Gasteiger partial charge in [0.25, 0.3) is 5.91 Å². The maximum Gasteiger partial charge on any atom is 0.273 e. The summed E-state index contributed by atoms with van der Waals surface area (Å²) in [6, 6.07) is 0. The van der Waals surface area contributed by atoms with E-state index < -0.39 is 5.60 Å². The first kappa shape index (κ1) is 13.6. The molecule has 1 saturated carbocycles. The summed E-state index contributed by atoms with van der Waals surface area (Å²) in [5.41, 5.74) is -0.664. The molecule has 0 spiro atoms. The smallest absolute Gasteiger partial charge is 0.273 e. The Bertz CT molecular complexity index is 473. The van der Waals surface area contributed by atoms with E-state index in [0.717, 1.165) is 12.8 Å². The van der Waals surface area contributed by atoms with Gasteiger partial charge in [-0.25, -0.2) is 4.98 Å². The summed E-state index contributed by atoms with van der Waals surface area (Å²) in [5.74, 6) is 0.706. The van der Waals surface area contributed by atoms with Crippen molar-refractivity contribution in [2.24, 2.45) is 0 Å².